The Labute approximate surface area is 171 Å². The Morgan fingerprint density at radius 1 is 0.767 bits per heavy atom. The van der Waals surface area contributed by atoms with Crippen molar-refractivity contribution in [3.63, 3.8) is 0 Å². The minimum atomic E-state index is -0.588. The van der Waals surface area contributed by atoms with Crippen LogP contribution in [0.1, 0.15) is 20.8 Å². The van der Waals surface area contributed by atoms with Gasteiger partial charge in [-0.15, -0.1) is 0 Å². The standard InChI is InChI=1S/C22H19NO7/c1-12(24)28-16-7-5-15(6-8-16)17-11-23(4)21-19(30-14(3)26)10-9-18(29-13(2)25)20(21)22(17)27/h5-11H,1-4H3. The molecule has 2 aromatic carbocycles. The van der Waals surface area contributed by atoms with Crippen LogP contribution in [0.5, 0.6) is 17.2 Å². The fourth-order valence-electron chi connectivity index (χ4n) is 3.13. The largest absolute Gasteiger partial charge is 0.427 e. The van der Waals surface area contributed by atoms with Crippen LogP contribution in [0.3, 0.4) is 0 Å². The molecule has 8 heteroatoms. The number of ether oxygens (including phenoxy) is 3. The van der Waals surface area contributed by atoms with Gasteiger partial charge in [0.25, 0.3) is 0 Å². The number of rotatable bonds is 4. The Morgan fingerprint density at radius 2 is 1.30 bits per heavy atom. The molecule has 0 spiro atoms. The van der Waals surface area contributed by atoms with Gasteiger partial charge in [0.15, 0.2) is 5.75 Å². The molecule has 3 aromatic rings. The third kappa shape index (κ3) is 4.22. The Balaban J connectivity index is 2.26. The maximum Gasteiger partial charge on any atom is 0.308 e. The van der Waals surface area contributed by atoms with Gasteiger partial charge >= 0.3 is 17.9 Å². The summed E-state index contributed by atoms with van der Waals surface area (Å²) >= 11 is 0. The second kappa shape index (κ2) is 8.20. The Morgan fingerprint density at radius 3 is 1.87 bits per heavy atom. The van der Waals surface area contributed by atoms with Gasteiger partial charge in [0.1, 0.15) is 11.5 Å². The monoisotopic (exact) mass is 409 g/mol. The highest BCUT2D eigenvalue weighted by molar-refractivity contribution is 5.95. The lowest BCUT2D eigenvalue weighted by Crippen LogP contribution is -2.15. The van der Waals surface area contributed by atoms with E-state index in [9.17, 15) is 19.2 Å². The fourth-order valence-corrected chi connectivity index (χ4v) is 3.13. The molecule has 0 unspecified atom stereocenters. The summed E-state index contributed by atoms with van der Waals surface area (Å²) in [6, 6.07) is 9.31. The molecule has 0 aliphatic carbocycles. The summed E-state index contributed by atoms with van der Waals surface area (Å²) in [4.78, 5) is 47.5. The minimum absolute atomic E-state index is 0.0624. The molecule has 30 heavy (non-hydrogen) atoms. The molecule has 1 aromatic heterocycles. The van der Waals surface area contributed by atoms with E-state index in [-0.39, 0.29) is 16.9 Å². The van der Waals surface area contributed by atoms with Crippen molar-refractivity contribution in [1.82, 2.24) is 4.57 Å². The lowest BCUT2D eigenvalue weighted by Gasteiger charge is -2.15. The summed E-state index contributed by atoms with van der Waals surface area (Å²) in [6.07, 6.45) is 1.59. The molecule has 0 amide bonds. The lowest BCUT2D eigenvalue weighted by molar-refractivity contribution is -0.132. The van der Waals surface area contributed by atoms with Crippen LogP contribution in [0.25, 0.3) is 22.0 Å². The van der Waals surface area contributed by atoms with Gasteiger partial charge in [0.05, 0.1) is 10.9 Å². The zero-order valence-electron chi connectivity index (χ0n) is 16.8. The summed E-state index contributed by atoms with van der Waals surface area (Å²) in [6.45, 7) is 3.78. The minimum Gasteiger partial charge on any atom is -0.427 e. The number of pyridine rings is 1. The van der Waals surface area contributed by atoms with Crippen LogP contribution in [0.15, 0.2) is 47.4 Å². The molecule has 1 heterocycles. The molecular formula is C22H19NO7. The van der Waals surface area contributed by atoms with Crippen LogP contribution in [0.2, 0.25) is 0 Å². The van der Waals surface area contributed by atoms with Crippen LogP contribution in [-0.2, 0) is 21.4 Å². The number of nitrogens with zero attached hydrogens (tertiary/aromatic N) is 1. The van der Waals surface area contributed by atoms with E-state index in [0.717, 1.165) is 0 Å². The van der Waals surface area contributed by atoms with Crippen molar-refractivity contribution in [2.45, 2.75) is 20.8 Å². The highest BCUT2D eigenvalue weighted by Crippen LogP contribution is 2.33. The number of hydrogen-bond acceptors (Lipinski definition) is 7. The molecule has 0 fully saturated rings. The van der Waals surface area contributed by atoms with Crippen molar-refractivity contribution in [3.05, 3.63) is 52.8 Å². The molecule has 3 rings (SSSR count). The number of carbonyl (C=O) groups excluding carboxylic acids is 3. The van der Waals surface area contributed by atoms with Gasteiger partial charge in [0.2, 0.25) is 5.43 Å². The van der Waals surface area contributed by atoms with Crippen molar-refractivity contribution < 1.29 is 28.6 Å². The first-order chi connectivity index (χ1) is 14.2. The number of carbonyl (C=O) groups is 3. The molecule has 0 saturated carbocycles. The SMILES string of the molecule is CC(=O)Oc1ccc(-c2cn(C)c3c(OC(C)=O)ccc(OC(C)=O)c3c2=O)cc1. The molecule has 0 aliphatic heterocycles. The van der Waals surface area contributed by atoms with Gasteiger partial charge < -0.3 is 18.8 Å². The zero-order chi connectivity index (χ0) is 22.0. The summed E-state index contributed by atoms with van der Waals surface area (Å²) in [5, 5.41) is 0.105. The maximum atomic E-state index is 13.4. The van der Waals surface area contributed by atoms with Crippen LogP contribution < -0.4 is 19.6 Å². The number of esters is 3. The molecule has 154 valence electrons. The van der Waals surface area contributed by atoms with Gasteiger partial charge in [-0.05, 0) is 29.8 Å². The van der Waals surface area contributed by atoms with Crippen LogP contribution >= 0.6 is 0 Å². The predicted molar refractivity (Wildman–Crippen MR) is 109 cm³/mol. The number of aryl methyl sites for hydroxylation is 1. The normalized spacial score (nSPS) is 10.5. The molecular weight excluding hydrogens is 390 g/mol. The lowest BCUT2D eigenvalue weighted by atomic mass is 10.0. The quantitative estimate of drug-likeness (QED) is 0.482. The molecule has 0 N–H and O–H groups in total. The van der Waals surface area contributed by atoms with E-state index in [1.165, 1.54) is 32.9 Å². The maximum absolute atomic E-state index is 13.4. The van der Waals surface area contributed by atoms with Crippen LogP contribution in [0.4, 0.5) is 0 Å². The van der Waals surface area contributed by atoms with E-state index in [0.29, 0.717) is 22.4 Å². The predicted octanol–water partition coefficient (Wildman–Crippen LogP) is 2.98. The highest BCUT2D eigenvalue weighted by atomic mass is 16.5. The topological polar surface area (TPSA) is 101 Å². The van der Waals surface area contributed by atoms with Crippen molar-refractivity contribution in [1.29, 1.82) is 0 Å². The molecule has 0 bridgehead atoms. The Bertz CT molecular complexity index is 1220. The van der Waals surface area contributed by atoms with Gasteiger partial charge in [0, 0.05) is 39.6 Å². The Kier molecular flexibility index (Phi) is 5.68. The third-order valence-electron chi connectivity index (χ3n) is 4.18. The van der Waals surface area contributed by atoms with E-state index in [2.05, 4.69) is 0 Å². The third-order valence-corrected chi connectivity index (χ3v) is 4.18. The summed E-state index contributed by atoms with van der Waals surface area (Å²) in [5.41, 5.74) is 0.802. The van der Waals surface area contributed by atoms with Crippen molar-refractivity contribution in [2.24, 2.45) is 7.05 Å². The molecule has 8 nitrogen and oxygen atoms in total. The van der Waals surface area contributed by atoms with Gasteiger partial charge in [-0.2, -0.15) is 0 Å². The number of benzene rings is 2. The van der Waals surface area contributed by atoms with Crippen LogP contribution in [-0.4, -0.2) is 22.5 Å². The smallest absolute Gasteiger partial charge is 0.308 e. The van der Waals surface area contributed by atoms with Crippen molar-refractivity contribution in [3.8, 4) is 28.4 Å². The first kappa shape index (κ1) is 20.8. The van der Waals surface area contributed by atoms with E-state index in [1.54, 1.807) is 42.1 Å². The molecule has 0 saturated heterocycles. The summed E-state index contributed by atoms with van der Waals surface area (Å²) in [5.74, 6) is -1.00. The molecule has 0 aliphatic rings. The summed E-state index contributed by atoms with van der Waals surface area (Å²) in [7, 11) is 1.68. The van der Waals surface area contributed by atoms with Crippen molar-refractivity contribution in [2.75, 3.05) is 0 Å². The second-order valence-corrected chi connectivity index (χ2v) is 6.57. The van der Waals surface area contributed by atoms with E-state index in [4.69, 9.17) is 14.2 Å². The number of fused-ring (bicyclic) bond motifs is 1. The van der Waals surface area contributed by atoms with Gasteiger partial charge in [-0.1, -0.05) is 12.1 Å². The first-order valence-corrected chi connectivity index (χ1v) is 8.99. The van der Waals surface area contributed by atoms with Gasteiger partial charge in [-0.25, -0.2) is 0 Å². The van der Waals surface area contributed by atoms with Crippen LogP contribution in [0, 0.1) is 0 Å². The fraction of sp³-hybridized carbons (Fsp3) is 0.182. The van der Waals surface area contributed by atoms with E-state index >= 15 is 0 Å². The molecule has 0 atom stereocenters. The Hall–Kier alpha value is -3.94. The van der Waals surface area contributed by atoms with Gasteiger partial charge in [-0.3, -0.25) is 19.2 Å². The number of aromatic nitrogens is 1. The average Bonchev–Trinajstić information content (AvgIpc) is 2.65. The zero-order valence-corrected chi connectivity index (χ0v) is 16.8. The summed E-state index contributed by atoms with van der Waals surface area (Å²) < 4.78 is 17.1. The first-order valence-electron chi connectivity index (χ1n) is 8.99. The van der Waals surface area contributed by atoms with Crippen molar-refractivity contribution >= 4 is 28.8 Å². The highest BCUT2D eigenvalue weighted by Gasteiger charge is 2.19. The number of hydrogen-bond donors (Lipinski definition) is 0. The van der Waals surface area contributed by atoms with E-state index in [1.807, 2.05) is 0 Å². The van der Waals surface area contributed by atoms with E-state index < -0.39 is 23.3 Å². The average molecular weight is 409 g/mol. The second-order valence-electron chi connectivity index (χ2n) is 6.57. The molecule has 0 radical (unpaired) electrons.